The molecular formula is C17H23N5O2S. The van der Waals surface area contributed by atoms with Crippen LogP contribution in [0.4, 0.5) is 9.93 Å². The van der Waals surface area contributed by atoms with Gasteiger partial charge in [-0.15, -0.1) is 10.2 Å². The van der Waals surface area contributed by atoms with Crippen LogP contribution in [0, 0.1) is 0 Å². The molecular weight excluding hydrogens is 338 g/mol. The van der Waals surface area contributed by atoms with Crippen molar-refractivity contribution in [2.45, 2.75) is 46.2 Å². The van der Waals surface area contributed by atoms with Crippen LogP contribution in [0.15, 0.2) is 24.3 Å². The van der Waals surface area contributed by atoms with Crippen molar-refractivity contribution in [3.8, 4) is 0 Å². The summed E-state index contributed by atoms with van der Waals surface area (Å²) in [7, 11) is 0. The van der Waals surface area contributed by atoms with Gasteiger partial charge in [-0.3, -0.25) is 10.1 Å². The second kappa shape index (κ2) is 8.57. The summed E-state index contributed by atoms with van der Waals surface area (Å²) in [5.41, 5.74) is 1.44. The molecule has 134 valence electrons. The molecule has 2 rings (SSSR count). The number of amides is 3. The Bertz CT molecular complexity index is 725. The van der Waals surface area contributed by atoms with Crippen LogP contribution in [-0.2, 0) is 6.54 Å². The SMILES string of the molecule is CC(C)NC(=O)NCc1ccc(C(=O)Nc2nnc(C(C)C)s2)cc1. The van der Waals surface area contributed by atoms with Gasteiger partial charge in [0.2, 0.25) is 5.13 Å². The molecule has 0 aliphatic rings. The zero-order valence-corrected chi connectivity index (χ0v) is 15.6. The van der Waals surface area contributed by atoms with Gasteiger partial charge in [-0.2, -0.15) is 0 Å². The summed E-state index contributed by atoms with van der Waals surface area (Å²) in [4.78, 5) is 23.8. The van der Waals surface area contributed by atoms with Gasteiger partial charge in [0.15, 0.2) is 0 Å². The van der Waals surface area contributed by atoms with E-state index in [9.17, 15) is 9.59 Å². The van der Waals surface area contributed by atoms with E-state index in [-0.39, 0.29) is 23.9 Å². The summed E-state index contributed by atoms with van der Waals surface area (Å²) < 4.78 is 0. The molecule has 25 heavy (non-hydrogen) atoms. The van der Waals surface area contributed by atoms with Crippen molar-refractivity contribution >= 4 is 28.4 Å². The molecule has 3 amide bonds. The van der Waals surface area contributed by atoms with E-state index in [1.54, 1.807) is 12.1 Å². The van der Waals surface area contributed by atoms with Gasteiger partial charge in [0, 0.05) is 24.1 Å². The minimum atomic E-state index is -0.233. The Labute approximate surface area is 151 Å². The number of aromatic nitrogens is 2. The standard InChI is InChI=1S/C17H23N5O2S/c1-10(2)15-21-22-17(25-15)20-14(23)13-7-5-12(6-8-13)9-18-16(24)19-11(3)4/h5-8,10-11H,9H2,1-4H3,(H2,18,19,24)(H,20,22,23). The zero-order chi connectivity index (χ0) is 18.4. The fraction of sp³-hybridized carbons (Fsp3) is 0.412. The molecule has 0 saturated carbocycles. The van der Waals surface area contributed by atoms with E-state index in [1.807, 2.05) is 39.8 Å². The van der Waals surface area contributed by atoms with E-state index in [2.05, 4.69) is 26.1 Å². The van der Waals surface area contributed by atoms with E-state index in [0.29, 0.717) is 17.2 Å². The van der Waals surface area contributed by atoms with Crippen LogP contribution < -0.4 is 16.0 Å². The highest BCUT2D eigenvalue weighted by Gasteiger charge is 2.12. The van der Waals surface area contributed by atoms with E-state index >= 15 is 0 Å². The van der Waals surface area contributed by atoms with Gasteiger partial charge in [-0.05, 0) is 31.5 Å². The van der Waals surface area contributed by atoms with Crippen molar-refractivity contribution in [2.75, 3.05) is 5.32 Å². The molecule has 0 saturated heterocycles. The van der Waals surface area contributed by atoms with Crippen LogP contribution >= 0.6 is 11.3 Å². The molecule has 0 aliphatic heterocycles. The third-order valence-electron chi connectivity index (χ3n) is 3.24. The van der Waals surface area contributed by atoms with Gasteiger partial charge in [-0.1, -0.05) is 37.3 Å². The third-order valence-corrected chi connectivity index (χ3v) is 4.38. The molecule has 0 aliphatic carbocycles. The Morgan fingerprint density at radius 3 is 2.32 bits per heavy atom. The fourth-order valence-corrected chi connectivity index (χ4v) is 2.70. The number of carbonyl (C=O) groups excluding carboxylic acids is 2. The van der Waals surface area contributed by atoms with Crippen LogP contribution in [-0.4, -0.2) is 28.2 Å². The van der Waals surface area contributed by atoms with Gasteiger partial charge in [0.05, 0.1) is 0 Å². The monoisotopic (exact) mass is 361 g/mol. The smallest absolute Gasteiger partial charge is 0.315 e. The molecule has 0 fully saturated rings. The van der Waals surface area contributed by atoms with Gasteiger partial charge < -0.3 is 10.6 Å². The summed E-state index contributed by atoms with van der Waals surface area (Å²) >= 11 is 1.37. The number of nitrogens with zero attached hydrogens (tertiary/aromatic N) is 2. The number of rotatable bonds is 6. The van der Waals surface area contributed by atoms with E-state index < -0.39 is 0 Å². The van der Waals surface area contributed by atoms with E-state index in [4.69, 9.17) is 0 Å². The highest BCUT2D eigenvalue weighted by molar-refractivity contribution is 7.15. The topological polar surface area (TPSA) is 96.0 Å². The summed E-state index contributed by atoms with van der Waals surface area (Å²) in [6.07, 6.45) is 0. The largest absolute Gasteiger partial charge is 0.336 e. The quantitative estimate of drug-likeness (QED) is 0.736. The molecule has 3 N–H and O–H groups in total. The van der Waals surface area contributed by atoms with Gasteiger partial charge in [0.25, 0.3) is 5.91 Å². The normalized spacial score (nSPS) is 10.8. The minimum absolute atomic E-state index is 0.0858. The zero-order valence-electron chi connectivity index (χ0n) is 14.8. The average molecular weight is 361 g/mol. The molecule has 2 aromatic rings. The lowest BCUT2D eigenvalue weighted by molar-refractivity contribution is 0.102. The summed E-state index contributed by atoms with van der Waals surface area (Å²) in [6, 6.07) is 6.93. The lowest BCUT2D eigenvalue weighted by Gasteiger charge is -2.10. The number of urea groups is 1. The number of anilines is 1. The van der Waals surface area contributed by atoms with Crippen molar-refractivity contribution in [1.29, 1.82) is 0 Å². The predicted octanol–water partition coefficient (Wildman–Crippen LogP) is 3.12. The first-order valence-electron chi connectivity index (χ1n) is 8.13. The molecule has 0 spiro atoms. The Kier molecular flexibility index (Phi) is 6.46. The first-order valence-corrected chi connectivity index (χ1v) is 8.95. The third kappa shape index (κ3) is 5.82. The molecule has 0 unspecified atom stereocenters. The van der Waals surface area contributed by atoms with Crippen LogP contribution in [0.1, 0.15) is 54.5 Å². The molecule has 0 radical (unpaired) electrons. The van der Waals surface area contributed by atoms with E-state index in [0.717, 1.165) is 10.6 Å². The van der Waals surface area contributed by atoms with Crippen molar-refractivity contribution in [2.24, 2.45) is 0 Å². The minimum Gasteiger partial charge on any atom is -0.336 e. The van der Waals surface area contributed by atoms with Crippen LogP contribution in [0.3, 0.4) is 0 Å². The Morgan fingerprint density at radius 1 is 1.08 bits per heavy atom. The van der Waals surface area contributed by atoms with Crippen LogP contribution in [0.5, 0.6) is 0 Å². The van der Waals surface area contributed by atoms with E-state index in [1.165, 1.54) is 11.3 Å². The lowest BCUT2D eigenvalue weighted by atomic mass is 10.1. The fourth-order valence-electron chi connectivity index (χ4n) is 1.96. The Balaban J connectivity index is 1.90. The molecule has 1 aromatic heterocycles. The number of benzene rings is 1. The van der Waals surface area contributed by atoms with Crippen molar-refractivity contribution in [1.82, 2.24) is 20.8 Å². The number of hydrogen-bond donors (Lipinski definition) is 3. The maximum Gasteiger partial charge on any atom is 0.315 e. The maximum atomic E-state index is 12.2. The molecule has 8 heteroatoms. The number of nitrogens with one attached hydrogen (secondary N) is 3. The second-order valence-electron chi connectivity index (χ2n) is 6.23. The molecule has 0 bridgehead atoms. The summed E-state index contributed by atoms with van der Waals surface area (Å²) in [5.74, 6) is 0.0475. The van der Waals surface area contributed by atoms with Gasteiger partial charge in [-0.25, -0.2) is 4.79 Å². The average Bonchev–Trinajstić information content (AvgIpc) is 3.01. The molecule has 1 heterocycles. The summed E-state index contributed by atoms with van der Waals surface area (Å²) in [6.45, 7) is 8.25. The van der Waals surface area contributed by atoms with Crippen molar-refractivity contribution in [3.05, 3.63) is 40.4 Å². The lowest BCUT2D eigenvalue weighted by Crippen LogP contribution is -2.39. The van der Waals surface area contributed by atoms with Gasteiger partial charge in [0.1, 0.15) is 5.01 Å². The van der Waals surface area contributed by atoms with Gasteiger partial charge >= 0.3 is 6.03 Å². The number of hydrogen-bond acceptors (Lipinski definition) is 5. The predicted molar refractivity (Wildman–Crippen MR) is 98.9 cm³/mol. The Morgan fingerprint density at radius 2 is 1.76 bits per heavy atom. The second-order valence-corrected chi connectivity index (χ2v) is 7.24. The Hall–Kier alpha value is -2.48. The molecule has 7 nitrogen and oxygen atoms in total. The first kappa shape index (κ1) is 18.9. The maximum absolute atomic E-state index is 12.2. The van der Waals surface area contributed by atoms with Crippen molar-refractivity contribution < 1.29 is 9.59 Å². The van der Waals surface area contributed by atoms with Crippen molar-refractivity contribution in [3.63, 3.8) is 0 Å². The number of carbonyl (C=O) groups is 2. The summed E-state index contributed by atoms with van der Waals surface area (Å²) in [5, 5.41) is 17.7. The van der Waals surface area contributed by atoms with Crippen LogP contribution in [0.25, 0.3) is 0 Å². The van der Waals surface area contributed by atoms with Crippen LogP contribution in [0.2, 0.25) is 0 Å². The highest BCUT2D eigenvalue weighted by atomic mass is 32.1. The highest BCUT2D eigenvalue weighted by Crippen LogP contribution is 2.22. The first-order chi connectivity index (χ1) is 11.8. The molecule has 0 atom stereocenters. The molecule has 1 aromatic carbocycles.